The minimum absolute atomic E-state index is 0.195. The summed E-state index contributed by atoms with van der Waals surface area (Å²) in [6.45, 7) is 1.93. The summed E-state index contributed by atoms with van der Waals surface area (Å²) in [7, 11) is 0. The Kier molecular flexibility index (Phi) is 3.93. The predicted molar refractivity (Wildman–Crippen MR) is 74.3 cm³/mol. The number of nitrogens with zero attached hydrogens (tertiary/aromatic N) is 1. The van der Waals surface area contributed by atoms with Crippen molar-refractivity contribution in [1.29, 1.82) is 0 Å². The lowest BCUT2D eigenvalue weighted by atomic mass is 10.1. The second-order valence-corrected chi connectivity index (χ2v) is 4.16. The van der Waals surface area contributed by atoms with E-state index in [0.29, 0.717) is 5.56 Å². The molecular weight excluding hydrogens is 240 g/mol. The molecule has 0 radical (unpaired) electrons. The Labute approximate surface area is 111 Å². The Morgan fingerprint density at radius 1 is 1.21 bits per heavy atom. The Hall–Kier alpha value is -2.62. The van der Waals surface area contributed by atoms with Gasteiger partial charge >= 0.3 is 0 Å². The van der Waals surface area contributed by atoms with Crippen molar-refractivity contribution in [3.63, 3.8) is 0 Å². The van der Waals surface area contributed by atoms with Gasteiger partial charge in [-0.15, -0.1) is 0 Å². The summed E-state index contributed by atoms with van der Waals surface area (Å²) in [5.74, 6) is -0.0559. The van der Waals surface area contributed by atoms with E-state index in [2.05, 4.69) is 10.5 Å². The van der Waals surface area contributed by atoms with Gasteiger partial charge in [-0.25, -0.2) is 5.43 Å². The third-order valence-corrected chi connectivity index (χ3v) is 2.55. The van der Waals surface area contributed by atoms with Gasteiger partial charge in [0.25, 0.3) is 5.91 Å². The third kappa shape index (κ3) is 3.67. The number of benzene rings is 2. The van der Waals surface area contributed by atoms with Gasteiger partial charge in [-0.2, -0.15) is 5.10 Å². The predicted octanol–water partition coefficient (Wildman–Crippen LogP) is 2.46. The molecule has 0 unspecified atom stereocenters. The molecule has 0 aliphatic heterocycles. The van der Waals surface area contributed by atoms with Gasteiger partial charge in [-0.1, -0.05) is 17.7 Å². The number of phenolic OH excluding ortho intramolecular Hbond substituents is 1. The van der Waals surface area contributed by atoms with Crippen LogP contribution in [0.3, 0.4) is 0 Å². The van der Waals surface area contributed by atoms with Gasteiger partial charge in [-0.05, 0) is 48.9 Å². The van der Waals surface area contributed by atoms with E-state index in [1.807, 2.05) is 19.1 Å². The van der Waals surface area contributed by atoms with Crippen LogP contribution in [0.15, 0.2) is 53.6 Å². The molecule has 0 saturated heterocycles. The van der Waals surface area contributed by atoms with Crippen molar-refractivity contribution in [2.75, 3.05) is 0 Å². The molecule has 2 aromatic carbocycles. The van der Waals surface area contributed by atoms with Gasteiger partial charge in [-0.3, -0.25) is 4.79 Å². The van der Waals surface area contributed by atoms with Gasteiger partial charge < -0.3 is 5.11 Å². The molecule has 0 fully saturated rings. The van der Waals surface area contributed by atoms with Gasteiger partial charge in [0.2, 0.25) is 0 Å². The monoisotopic (exact) mass is 254 g/mol. The minimum Gasteiger partial charge on any atom is -0.508 e. The zero-order valence-corrected chi connectivity index (χ0v) is 10.5. The molecule has 4 heteroatoms. The number of hydrazone groups is 1. The molecule has 19 heavy (non-hydrogen) atoms. The molecule has 0 saturated carbocycles. The Balaban J connectivity index is 1.98. The van der Waals surface area contributed by atoms with Gasteiger partial charge in [0.15, 0.2) is 0 Å². The third-order valence-electron chi connectivity index (χ3n) is 2.55. The lowest BCUT2D eigenvalue weighted by molar-refractivity contribution is 0.0955. The number of hydrogen-bond acceptors (Lipinski definition) is 3. The largest absolute Gasteiger partial charge is 0.508 e. The minimum atomic E-state index is -0.251. The molecule has 1 amide bonds. The smallest absolute Gasteiger partial charge is 0.271 e. The molecule has 0 bridgehead atoms. The van der Waals surface area contributed by atoms with Crippen molar-refractivity contribution in [2.45, 2.75) is 6.92 Å². The fourth-order valence-corrected chi connectivity index (χ4v) is 1.58. The molecule has 0 aliphatic carbocycles. The van der Waals surface area contributed by atoms with Crippen LogP contribution in [0.1, 0.15) is 21.5 Å². The number of carbonyl (C=O) groups excluding carboxylic acids is 1. The molecule has 0 aliphatic rings. The molecule has 2 rings (SSSR count). The fourth-order valence-electron chi connectivity index (χ4n) is 1.58. The molecule has 96 valence electrons. The highest BCUT2D eigenvalue weighted by molar-refractivity contribution is 5.95. The van der Waals surface area contributed by atoms with Crippen molar-refractivity contribution < 1.29 is 9.90 Å². The van der Waals surface area contributed by atoms with Gasteiger partial charge in [0.05, 0.1) is 6.21 Å². The summed E-state index contributed by atoms with van der Waals surface area (Å²) in [4.78, 5) is 11.8. The van der Waals surface area contributed by atoms with E-state index in [0.717, 1.165) is 11.1 Å². The highest BCUT2D eigenvalue weighted by Crippen LogP contribution is 2.07. The summed E-state index contributed by atoms with van der Waals surface area (Å²) in [5.41, 5.74) is 4.85. The maximum atomic E-state index is 11.8. The molecule has 2 N–H and O–H groups in total. The lowest BCUT2D eigenvalue weighted by Gasteiger charge is -2.00. The maximum absolute atomic E-state index is 11.8. The number of rotatable bonds is 3. The standard InChI is InChI=1S/C15H14N2O2/c1-11-3-2-4-13(9-11)15(19)17-16-10-12-5-7-14(18)8-6-12/h2-10,18H,1H3,(H,17,19)/b16-10-. The molecule has 4 nitrogen and oxygen atoms in total. The zero-order chi connectivity index (χ0) is 13.7. The molecule has 0 aromatic heterocycles. The number of phenols is 1. The van der Waals surface area contributed by atoms with Gasteiger partial charge in [0.1, 0.15) is 5.75 Å². The molecule has 2 aromatic rings. The van der Waals surface area contributed by atoms with Crippen LogP contribution in [-0.2, 0) is 0 Å². The van der Waals surface area contributed by atoms with Crippen LogP contribution in [0.5, 0.6) is 5.75 Å². The van der Waals surface area contributed by atoms with E-state index in [1.54, 1.807) is 36.4 Å². The molecule has 0 atom stereocenters. The van der Waals surface area contributed by atoms with E-state index >= 15 is 0 Å². The first-order valence-corrected chi connectivity index (χ1v) is 5.84. The molecule has 0 spiro atoms. The average molecular weight is 254 g/mol. The van der Waals surface area contributed by atoms with Crippen LogP contribution < -0.4 is 5.43 Å². The summed E-state index contributed by atoms with van der Waals surface area (Å²) in [6, 6.07) is 13.8. The van der Waals surface area contributed by atoms with Crippen molar-refractivity contribution >= 4 is 12.1 Å². The first-order valence-electron chi connectivity index (χ1n) is 5.84. The Morgan fingerprint density at radius 2 is 1.95 bits per heavy atom. The highest BCUT2D eigenvalue weighted by atomic mass is 16.3. The van der Waals surface area contributed by atoms with E-state index in [9.17, 15) is 4.79 Å². The van der Waals surface area contributed by atoms with Gasteiger partial charge in [0, 0.05) is 5.56 Å². The Bertz CT molecular complexity index is 604. The van der Waals surface area contributed by atoms with Crippen LogP contribution in [0.4, 0.5) is 0 Å². The quantitative estimate of drug-likeness (QED) is 0.653. The highest BCUT2D eigenvalue weighted by Gasteiger charge is 2.02. The summed E-state index contributed by atoms with van der Waals surface area (Å²) in [6.07, 6.45) is 1.52. The van der Waals surface area contributed by atoms with Crippen molar-refractivity contribution in [3.05, 3.63) is 65.2 Å². The normalized spacial score (nSPS) is 10.6. The summed E-state index contributed by atoms with van der Waals surface area (Å²) < 4.78 is 0. The van der Waals surface area contributed by atoms with Crippen molar-refractivity contribution in [2.24, 2.45) is 5.10 Å². The topological polar surface area (TPSA) is 61.7 Å². The summed E-state index contributed by atoms with van der Waals surface area (Å²) in [5, 5.41) is 13.0. The number of nitrogens with one attached hydrogen (secondary N) is 1. The number of carbonyl (C=O) groups is 1. The van der Waals surface area contributed by atoms with Crippen molar-refractivity contribution in [3.8, 4) is 5.75 Å². The van der Waals surface area contributed by atoms with E-state index in [4.69, 9.17) is 5.11 Å². The number of aryl methyl sites for hydroxylation is 1. The maximum Gasteiger partial charge on any atom is 0.271 e. The first kappa shape index (κ1) is 12.8. The number of aromatic hydroxyl groups is 1. The van der Waals surface area contributed by atoms with Crippen LogP contribution in [0.25, 0.3) is 0 Å². The first-order chi connectivity index (χ1) is 9.15. The van der Waals surface area contributed by atoms with Crippen molar-refractivity contribution in [1.82, 2.24) is 5.43 Å². The number of amides is 1. The number of hydrogen-bond donors (Lipinski definition) is 2. The lowest BCUT2D eigenvalue weighted by Crippen LogP contribution is -2.17. The van der Waals surface area contributed by atoms with Crippen LogP contribution in [-0.4, -0.2) is 17.2 Å². The van der Waals surface area contributed by atoms with Crippen LogP contribution in [0, 0.1) is 6.92 Å². The van der Waals surface area contributed by atoms with E-state index in [1.165, 1.54) is 6.21 Å². The SMILES string of the molecule is Cc1cccc(C(=O)N/N=C\c2ccc(O)cc2)c1. The zero-order valence-electron chi connectivity index (χ0n) is 10.5. The van der Waals surface area contributed by atoms with Crippen LogP contribution in [0.2, 0.25) is 0 Å². The van der Waals surface area contributed by atoms with Crippen LogP contribution >= 0.6 is 0 Å². The second kappa shape index (κ2) is 5.82. The summed E-state index contributed by atoms with van der Waals surface area (Å²) >= 11 is 0. The fraction of sp³-hybridized carbons (Fsp3) is 0.0667. The Morgan fingerprint density at radius 3 is 2.63 bits per heavy atom. The second-order valence-electron chi connectivity index (χ2n) is 4.16. The van der Waals surface area contributed by atoms with E-state index < -0.39 is 0 Å². The molecule has 0 heterocycles. The van der Waals surface area contributed by atoms with E-state index in [-0.39, 0.29) is 11.7 Å². The average Bonchev–Trinajstić information content (AvgIpc) is 2.41. The molecular formula is C15H14N2O2.